The Morgan fingerprint density at radius 1 is 1.14 bits per heavy atom. The maximum Gasteiger partial charge on any atom is 0.0612 e. The van der Waals surface area contributed by atoms with Crippen molar-refractivity contribution >= 4 is 28.9 Å². The van der Waals surface area contributed by atoms with Gasteiger partial charge >= 0.3 is 0 Å². The van der Waals surface area contributed by atoms with Crippen LogP contribution in [0.15, 0.2) is 18.2 Å². The van der Waals surface area contributed by atoms with Crippen LogP contribution in [0.3, 0.4) is 0 Å². The maximum absolute atomic E-state index is 8.58. The summed E-state index contributed by atoms with van der Waals surface area (Å²) in [5, 5.41) is 12.9. The third kappa shape index (κ3) is 3.74. The summed E-state index contributed by atoms with van der Waals surface area (Å²) in [6, 6.07) is 5.44. The van der Waals surface area contributed by atoms with Crippen LogP contribution in [0.4, 0.5) is 5.69 Å². The first-order chi connectivity index (χ1) is 6.74. The largest absolute Gasteiger partial charge is 0.396 e. The van der Waals surface area contributed by atoms with E-state index < -0.39 is 0 Å². The van der Waals surface area contributed by atoms with Crippen LogP contribution in [0, 0.1) is 0 Å². The third-order valence-electron chi connectivity index (χ3n) is 1.83. The Bertz CT molecular complexity index is 291. The first-order valence-corrected chi connectivity index (χ1v) is 5.29. The summed E-state index contributed by atoms with van der Waals surface area (Å²) in [5.74, 6) is 0. The fraction of sp³-hybridized carbons (Fsp3) is 0.400. The number of rotatable bonds is 5. The molecular weight excluding hydrogens is 221 g/mol. The minimum absolute atomic E-state index is 0.239. The molecule has 2 nitrogen and oxygen atoms in total. The zero-order valence-electron chi connectivity index (χ0n) is 7.76. The summed E-state index contributed by atoms with van der Waals surface area (Å²) >= 11 is 11.6. The first-order valence-electron chi connectivity index (χ1n) is 4.54. The van der Waals surface area contributed by atoms with Crippen molar-refractivity contribution in [3.8, 4) is 0 Å². The molecular formula is C10H13Cl2NO. The van der Waals surface area contributed by atoms with Gasteiger partial charge in [-0.05, 0) is 31.0 Å². The maximum atomic E-state index is 8.58. The summed E-state index contributed by atoms with van der Waals surface area (Å²) in [4.78, 5) is 0. The molecule has 14 heavy (non-hydrogen) atoms. The van der Waals surface area contributed by atoms with Crippen LogP contribution >= 0.6 is 23.2 Å². The molecule has 0 aliphatic rings. The number of hydrogen-bond donors (Lipinski definition) is 2. The highest BCUT2D eigenvalue weighted by Gasteiger charge is 1.98. The molecule has 0 spiro atoms. The van der Waals surface area contributed by atoms with Crippen LogP contribution in [0.1, 0.15) is 12.8 Å². The molecule has 78 valence electrons. The second kappa shape index (κ2) is 6.12. The molecule has 0 aliphatic carbocycles. The summed E-state index contributed by atoms with van der Waals surface area (Å²) in [7, 11) is 0. The standard InChI is InChI=1S/C10H13Cl2NO/c11-9-4-3-8(7-10(9)12)13-5-1-2-6-14/h3-4,7,13-14H,1-2,5-6H2. The van der Waals surface area contributed by atoms with E-state index in [1.807, 2.05) is 6.07 Å². The van der Waals surface area contributed by atoms with E-state index in [4.69, 9.17) is 28.3 Å². The van der Waals surface area contributed by atoms with Crippen LogP contribution in [-0.2, 0) is 0 Å². The van der Waals surface area contributed by atoms with Crippen molar-refractivity contribution < 1.29 is 5.11 Å². The Hall–Kier alpha value is -0.440. The van der Waals surface area contributed by atoms with Crippen LogP contribution in [0.25, 0.3) is 0 Å². The van der Waals surface area contributed by atoms with Gasteiger partial charge in [0.1, 0.15) is 0 Å². The van der Waals surface area contributed by atoms with E-state index in [-0.39, 0.29) is 6.61 Å². The molecule has 0 heterocycles. The van der Waals surface area contributed by atoms with Gasteiger partial charge in [-0.3, -0.25) is 0 Å². The Kier molecular flexibility index (Phi) is 5.09. The second-order valence-electron chi connectivity index (χ2n) is 2.99. The number of hydrogen-bond acceptors (Lipinski definition) is 2. The van der Waals surface area contributed by atoms with Gasteiger partial charge < -0.3 is 10.4 Å². The van der Waals surface area contributed by atoms with E-state index in [9.17, 15) is 0 Å². The molecule has 0 bridgehead atoms. The van der Waals surface area contributed by atoms with E-state index in [1.165, 1.54) is 0 Å². The Morgan fingerprint density at radius 3 is 2.57 bits per heavy atom. The van der Waals surface area contributed by atoms with Gasteiger partial charge in [0.25, 0.3) is 0 Å². The highest BCUT2D eigenvalue weighted by atomic mass is 35.5. The highest BCUT2D eigenvalue weighted by Crippen LogP contribution is 2.24. The molecule has 0 aliphatic heterocycles. The van der Waals surface area contributed by atoms with Gasteiger partial charge in [-0.25, -0.2) is 0 Å². The molecule has 0 unspecified atom stereocenters. The number of aliphatic hydroxyl groups excluding tert-OH is 1. The molecule has 0 aromatic heterocycles. The van der Waals surface area contributed by atoms with Crippen molar-refractivity contribution in [2.24, 2.45) is 0 Å². The number of benzene rings is 1. The fourth-order valence-electron chi connectivity index (χ4n) is 1.08. The topological polar surface area (TPSA) is 32.3 Å². The molecule has 1 rings (SSSR count). The van der Waals surface area contributed by atoms with Gasteiger partial charge in [0.05, 0.1) is 10.0 Å². The predicted molar refractivity (Wildman–Crippen MR) is 61.3 cm³/mol. The van der Waals surface area contributed by atoms with E-state index in [0.717, 1.165) is 25.1 Å². The lowest BCUT2D eigenvalue weighted by Crippen LogP contribution is -2.02. The molecule has 0 atom stereocenters. The molecule has 1 aromatic carbocycles. The van der Waals surface area contributed by atoms with Crippen molar-refractivity contribution in [3.63, 3.8) is 0 Å². The van der Waals surface area contributed by atoms with Gasteiger partial charge in [-0.1, -0.05) is 23.2 Å². The minimum atomic E-state index is 0.239. The van der Waals surface area contributed by atoms with Crippen molar-refractivity contribution in [1.29, 1.82) is 0 Å². The molecule has 0 radical (unpaired) electrons. The number of aliphatic hydroxyl groups is 1. The lowest BCUT2D eigenvalue weighted by Gasteiger charge is -2.06. The van der Waals surface area contributed by atoms with Crippen LogP contribution in [0.5, 0.6) is 0 Å². The van der Waals surface area contributed by atoms with Crippen molar-refractivity contribution in [3.05, 3.63) is 28.2 Å². The molecule has 1 aromatic rings. The summed E-state index contributed by atoms with van der Waals surface area (Å²) in [6.45, 7) is 1.07. The van der Waals surface area contributed by atoms with E-state index in [0.29, 0.717) is 10.0 Å². The normalized spacial score (nSPS) is 10.2. The van der Waals surface area contributed by atoms with Crippen molar-refractivity contribution in [1.82, 2.24) is 0 Å². The minimum Gasteiger partial charge on any atom is -0.396 e. The summed E-state index contributed by atoms with van der Waals surface area (Å²) < 4.78 is 0. The molecule has 0 amide bonds. The average molecular weight is 234 g/mol. The lowest BCUT2D eigenvalue weighted by atomic mass is 10.3. The Labute approximate surface area is 93.8 Å². The molecule has 4 heteroatoms. The fourth-order valence-corrected chi connectivity index (χ4v) is 1.37. The van der Waals surface area contributed by atoms with Gasteiger partial charge in [-0.2, -0.15) is 0 Å². The lowest BCUT2D eigenvalue weighted by molar-refractivity contribution is 0.286. The average Bonchev–Trinajstić information content (AvgIpc) is 2.18. The second-order valence-corrected chi connectivity index (χ2v) is 3.80. The number of nitrogens with one attached hydrogen (secondary N) is 1. The van der Waals surface area contributed by atoms with E-state index in [1.54, 1.807) is 12.1 Å². The first kappa shape index (κ1) is 11.6. The monoisotopic (exact) mass is 233 g/mol. The van der Waals surface area contributed by atoms with Crippen LogP contribution < -0.4 is 5.32 Å². The molecule has 0 fully saturated rings. The number of halogens is 2. The van der Waals surface area contributed by atoms with E-state index in [2.05, 4.69) is 5.32 Å². The van der Waals surface area contributed by atoms with Crippen molar-refractivity contribution in [2.45, 2.75) is 12.8 Å². The molecule has 2 N–H and O–H groups in total. The number of unbranched alkanes of at least 4 members (excludes halogenated alkanes) is 1. The van der Waals surface area contributed by atoms with Crippen LogP contribution in [-0.4, -0.2) is 18.3 Å². The Balaban J connectivity index is 2.39. The summed E-state index contributed by atoms with van der Waals surface area (Å²) in [5.41, 5.74) is 0.956. The summed E-state index contributed by atoms with van der Waals surface area (Å²) in [6.07, 6.45) is 1.76. The van der Waals surface area contributed by atoms with Gasteiger partial charge in [0.2, 0.25) is 0 Å². The Morgan fingerprint density at radius 2 is 1.93 bits per heavy atom. The third-order valence-corrected chi connectivity index (χ3v) is 2.57. The highest BCUT2D eigenvalue weighted by molar-refractivity contribution is 6.42. The molecule has 0 saturated carbocycles. The van der Waals surface area contributed by atoms with Gasteiger partial charge in [-0.15, -0.1) is 0 Å². The predicted octanol–water partition coefficient (Wildman–Crippen LogP) is 3.18. The zero-order valence-corrected chi connectivity index (χ0v) is 9.28. The molecule has 0 saturated heterocycles. The van der Waals surface area contributed by atoms with Gasteiger partial charge in [0, 0.05) is 18.8 Å². The van der Waals surface area contributed by atoms with Crippen LogP contribution in [0.2, 0.25) is 10.0 Å². The van der Waals surface area contributed by atoms with E-state index >= 15 is 0 Å². The number of anilines is 1. The van der Waals surface area contributed by atoms with Gasteiger partial charge in [0.15, 0.2) is 0 Å². The smallest absolute Gasteiger partial charge is 0.0612 e. The van der Waals surface area contributed by atoms with Crippen molar-refractivity contribution in [2.75, 3.05) is 18.5 Å². The zero-order chi connectivity index (χ0) is 10.4. The quantitative estimate of drug-likeness (QED) is 0.767. The SMILES string of the molecule is OCCCCNc1ccc(Cl)c(Cl)c1.